The molecule has 0 atom stereocenters. The smallest absolute Gasteiger partial charge is 0.309 e. The second kappa shape index (κ2) is 4.85. The molecule has 0 unspecified atom stereocenters. The minimum absolute atomic E-state index is 0.0488. The molecule has 2 rings (SSSR count). The van der Waals surface area contributed by atoms with E-state index in [-0.39, 0.29) is 6.42 Å². The maximum atomic E-state index is 10.7. The third-order valence-corrected chi connectivity index (χ3v) is 3.69. The summed E-state index contributed by atoms with van der Waals surface area (Å²) in [5, 5.41) is 10.2. The summed E-state index contributed by atoms with van der Waals surface area (Å²) >= 11 is 7.54. The number of halogens is 1. The number of carbonyl (C=O) groups is 1. The molecule has 0 fully saturated rings. The quantitative estimate of drug-likeness (QED) is 0.927. The topological polar surface area (TPSA) is 50.2 Å². The Bertz CT molecular complexity index is 565. The summed E-state index contributed by atoms with van der Waals surface area (Å²) < 4.78 is 0. The fourth-order valence-electron chi connectivity index (χ4n) is 1.49. The molecule has 1 N–H and O–H groups in total. The van der Waals surface area contributed by atoms with E-state index in [1.165, 1.54) is 11.3 Å². The van der Waals surface area contributed by atoms with Crippen LogP contribution < -0.4 is 0 Å². The van der Waals surface area contributed by atoms with Crippen LogP contribution in [0.5, 0.6) is 0 Å². The zero-order chi connectivity index (χ0) is 12.4. The molecule has 17 heavy (non-hydrogen) atoms. The highest BCUT2D eigenvalue weighted by atomic mass is 35.5. The maximum absolute atomic E-state index is 10.7. The molecule has 0 saturated carbocycles. The lowest BCUT2D eigenvalue weighted by molar-refractivity contribution is -0.136. The van der Waals surface area contributed by atoms with Gasteiger partial charge in [-0.3, -0.25) is 4.79 Å². The standard InChI is InChI=1S/C12H10ClNO2S/c1-7-10(6-11(15)16)14-12(17-7)8-4-2-3-5-9(8)13/h2-5H,6H2,1H3,(H,15,16). The van der Waals surface area contributed by atoms with Gasteiger partial charge in [-0.25, -0.2) is 4.98 Å². The Morgan fingerprint density at radius 2 is 2.18 bits per heavy atom. The molecule has 0 amide bonds. The first-order valence-electron chi connectivity index (χ1n) is 5.01. The number of thiazole rings is 1. The molecule has 0 aliphatic carbocycles. The number of rotatable bonds is 3. The van der Waals surface area contributed by atoms with Gasteiger partial charge in [0.1, 0.15) is 5.01 Å². The van der Waals surface area contributed by atoms with Crippen LogP contribution in [0.2, 0.25) is 5.02 Å². The number of carboxylic acid groups (broad SMARTS) is 1. The van der Waals surface area contributed by atoms with Crippen molar-refractivity contribution in [2.24, 2.45) is 0 Å². The Hall–Kier alpha value is -1.39. The molecule has 88 valence electrons. The van der Waals surface area contributed by atoms with Crippen LogP contribution in [-0.2, 0) is 11.2 Å². The highest BCUT2D eigenvalue weighted by Crippen LogP contribution is 2.32. The van der Waals surface area contributed by atoms with Gasteiger partial charge in [-0.05, 0) is 13.0 Å². The average molecular weight is 268 g/mol. The number of aromatic nitrogens is 1. The van der Waals surface area contributed by atoms with Crippen LogP contribution in [0, 0.1) is 6.92 Å². The van der Waals surface area contributed by atoms with Crippen LogP contribution in [0.15, 0.2) is 24.3 Å². The third-order valence-electron chi connectivity index (χ3n) is 2.32. The van der Waals surface area contributed by atoms with E-state index < -0.39 is 5.97 Å². The average Bonchev–Trinajstić information content (AvgIpc) is 2.60. The summed E-state index contributed by atoms with van der Waals surface area (Å²) in [6.45, 7) is 1.87. The summed E-state index contributed by atoms with van der Waals surface area (Å²) in [6.07, 6.45) is -0.0488. The first-order chi connectivity index (χ1) is 8.08. The summed E-state index contributed by atoms with van der Waals surface area (Å²) in [6, 6.07) is 7.41. The van der Waals surface area contributed by atoms with Crippen molar-refractivity contribution < 1.29 is 9.90 Å². The minimum Gasteiger partial charge on any atom is -0.481 e. The van der Waals surface area contributed by atoms with Gasteiger partial charge < -0.3 is 5.11 Å². The van der Waals surface area contributed by atoms with Gasteiger partial charge in [0.25, 0.3) is 0 Å². The van der Waals surface area contributed by atoms with Gasteiger partial charge in [0, 0.05) is 10.4 Å². The third kappa shape index (κ3) is 2.65. The van der Waals surface area contributed by atoms with Gasteiger partial charge in [-0.2, -0.15) is 0 Å². The number of aryl methyl sites for hydroxylation is 1. The Morgan fingerprint density at radius 1 is 1.47 bits per heavy atom. The maximum Gasteiger partial charge on any atom is 0.309 e. The Kier molecular flexibility index (Phi) is 3.45. The van der Waals surface area contributed by atoms with E-state index in [0.29, 0.717) is 10.7 Å². The van der Waals surface area contributed by atoms with Crippen LogP contribution in [0.3, 0.4) is 0 Å². The van der Waals surface area contributed by atoms with Crippen molar-refractivity contribution in [2.75, 3.05) is 0 Å². The van der Waals surface area contributed by atoms with E-state index in [2.05, 4.69) is 4.98 Å². The van der Waals surface area contributed by atoms with Crippen molar-refractivity contribution in [3.8, 4) is 10.6 Å². The van der Waals surface area contributed by atoms with E-state index in [0.717, 1.165) is 15.4 Å². The molecule has 0 radical (unpaired) electrons. The first kappa shape index (κ1) is 12.1. The molecule has 1 aromatic heterocycles. The Labute approximate surface area is 108 Å². The molecule has 3 nitrogen and oxygen atoms in total. The second-order valence-corrected chi connectivity index (χ2v) is 5.18. The summed E-state index contributed by atoms with van der Waals surface area (Å²) in [5.74, 6) is -0.871. The summed E-state index contributed by atoms with van der Waals surface area (Å²) in [4.78, 5) is 15.9. The molecule has 1 aromatic carbocycles. The van der Waals surface area contributed by atoms with Gasteiger partial charge in [0.05, 0.1) is 17.1 Å². The molecular formula is C12H10ClNO2S. The van der Waals surface area contributed by atoms with Gasteiger partial charge in [0.15, 0.2) is 0 Å². The van der Waals surface area contributed by atoms with E-state index in [9.17, 15) is 4.79 Å². The predicted octanol–water partition coefficient (Wildman–Crippen LogP) is 3.40. The fourth-order valence-corrected chi connectivity index (χ4v) is 2.74. The van der Waals surface area contributed by atoms with Crippen molar-refractivity contribution in [2.45, 2.75) is 13.3 Å². The van der Waals surface area contributed by atoms with Crippen LogP contribution >= 0.6 is 22.9 Å². The highest BCUT2D eigenvalue weighted by Gasteiger charge is 2.13. The monoisotopic (exact) mass is 267 g/mol. The lowest BCUT2D eigenvalue weighted by Crippen LogP contribution is -2.01. The van der Waals surface area contributed by atoms with E-state index >= 15 is 0 Å². The van der Waals surface area contributed by atoms with Gasteiger partial charge >= 0.3 is 5.97 Å². The largest absolute Gasteiger partial charge is 0.481 e. The van der Waals surface area contributed by atoms with Crippen molar-refractivity contribution in [1.82, 2.24) is 4.98 Å². The predicted molar refractivity (Wildman–Crippen MR) is 68.6 cm³/mol. The van der Waals surface area contributed by atoms with Crippen LogP contribution in [0.25, 0.3) is 10.6 Å². The van der Waals surface area contributed by atoms with Crippen LogP contribution in [0.4, 0.5) is 0 Å². The zero-order valence-corrected chi connectivity index (χ0v) is 10.7. The number of nitrogens with zero attached hydrogens (tertiary/aromatic N) is 1. The van der Waals surface area contributed by atoms with Crippen molar-refractivity contribution >= 4 is 28.9 Å². The molecule has 1 heterocycles. The Morgan fingerprint density at radius 3 is 2.82 bits per heavy atom. The molecular weight excluding hydrogens is 258 g/mol. The van der Waals surface area contributed by atoms with E-state index in [4.69, 9.17) is 16.7 Å². The van der Waals surface area contributed by atoms with E-state index in [1.54, 1.807) is 6.07 Å². The lowest BCUT2D eigenvalue weighted by Gasteiger charge is -1.98. The van der Waals surface area contributed by atoms with Crippen molar-refractivity contribution in [3.05, 3.63) is 39.9 Å². The Balaban J connectivity index is 2.41. The lowest BCUT2D eigenvalue weighted by atomic mass is 10.2. The first-order valence-corrected chi connectivity index (χ1v) is 6.20. The molecule has 0 saturated heterocycles. The van der Waals surface area contributed by atoms with Gasteiger partial charge in [-0.15, -0.1) is 11.3 Å². The summed E-state index contributed by atoms with van der Waals surface area (Å²) in [5.41, 5.74) is 1.45. The number of hydrogen-bond donors (Lipinski definition) is 1. The number of carboxylic acids is 1. The molecule has 0 bridgehead atoms. The van der Waals surface area contributed by atoms with Crippen LogP contribution in [-0.4, -0.2) is 16.1 Å². The molecule has 0 aliphatic rings. The molecule has 2 aromatic rings. The number of aliphatic carboxylic acids is 1. The normalized spacial score (nSPS) is 10.5. The highest BCUT2D eigenvalue weighted by molar-refractivity contribution is 7.15. The second-order valence-electron chi connectivity index (χ2n) is 3.57. The van der Waals surface area contributed by atoms with Gasteiger partial charge in [0.2, 0.25) is 0 Å². The van der Waals surface area contributed by atoms with Crippen molar-refractivity contribution in [1.29, 1.82) is 0 Å². The molecule has 5 heteroatoms. The zero-order valence-electron chi connectivity index (χ0n) is 9.11. The van der Waals surface area contributed by atoms with Gasteiger partial charge in [-0.1, -0.05) is 29.8 Å². The SMILES string of the molecule is Cc1sc(-c2ccccc2Cl)nc1CC(=O)O. The molecule has 0 aliphatic heterocycles. The van der Waals surface area contributed by atoms with E-state index in [1.807, 2.05) is 25.1 Å². The van der Waals surface area contributed by atoms with Crippen molar-refractivity contribution in [3.63, 3.8) is 0 Å². The minimum atomic E-state index is -0.871. The molecule has 0 spiro atoms. The number of hydrogen-bond acceptors (Lipinski definition) is 3. The summed E-state index contributed by atoms with van der Waals surface area (Å²) in [7, 11) is 0. The number of benzene rings is 1. The van der Waals surface area contributed by atoms with Crippen LogP contribution in [0.1, 0.15) is 10.6 Å². The fraction of sp³-hybridized carbons (Fsp3) is 0.167.